The maximum Gasteiger partial charge on any atom is 0.410 e. The number of nitrogens with zero attached hydrogens (tertiary/aromatic N) is 2. The van der Waals surface area contributed by atoms with Crippen molar-refractivity contribution in [1.82, 2.24) is 9.80 Å². The minimum atomic E-state index is -0.439. The smallest absolute Gasteiger partial charge is 0.410 e. The van der Waals surface area contributed by atoms with Crippen molar-refractivity contribution >= 4 is 23.3 Å². The zero-order valence-corrected chi connectivity index (χ0v) is 13.1. The molecule has 0 aromatic carbocycles. The van der Waals surface area contributed by atoms with E-state index in [-0.39, 0.29) is 18.4 Å². The van der Waals surface area contributed by atoms with E-state index in [1.54, 1.807) is 16.2 Å². The molecular formula is C15H20N2O4S. The Morgan fingerprint density at radius 3 is 2.77 bits per heavy atom. The second-order valence-electron chi connectivity index (χ2n) is 5.71. The monoisotopic (exact) mass is 324 g/mol. The molecule has 1 aromatic rings. The highest BCUT2D eigenvalue weighted by Gasteiger charge is 2.31. The molecule has 1 aromatic heterocycles. The van der Waals surface area contributed by atoms with Crippen LogP contribution in [0.25, 0.3) is 0 Å². The van der Waals surface area contributed by atoms with Gasteiger partial charge in [-0.1, -0.05) is 6.07 Å². The van der Waals surface area contributed by atoms with Crippen LogP contribution in [0.4, 0.5) is 4.79 Å². The minimum absolute atomic E-state index is 0.0390. The standard InChI is InChI=1S/C15H20N2O4S/c18-13(10-17-7-8-21-15(17)20)16-5-3-11(4-6-16)14(19)12-2-1-9-22-12/h1-2,9,11,14,19H,3-8,10H2. The summed E-state index contributed by atoms with van der Waals surface area (Å²) in [5.41, 5.74) is 0. The van der Waals surface area contributed by atoms with Gasteiger partial charge in [0.1, 0.15) is 13.2 Å². The molecule has 0 saturated carbocycles. The van der Waals surface area contributed by atoms with E-state index in [2.05, 4.69) is 0 Å². The van der Waals surface area contributed by atoms with Gasteiger partial charge in [0, 0.05) is 18.0 Å². The molecule has 0 aliphatic carbocycles. The molecule has 0 radical (unpaired) electrons. The molecular weight excluding hydrogens is 304 g/mol. The van der Waals surface area contributed by atoms with Crippen LogP contribution in [0.15, 0.2) is 17.5 Å². The Morgan fingerprint density at radius 2 is 2.18 bits per heavy atom. The van der Waals surface area contributed by atoms with Crippen molar-refractivity contribution < 1.29 is 19.4 Å². The molecule has 1 atom stereocenters. The summed E-state index contributed by atoms with van der Waals surface area (Å²) in [6, 6.07) is 3.89. The molecule has 6 nitrogen and oxygen atoms in total. The predicted octanol–water partition coefficient (Wildman–Crippen LogP) is 1.47. The van der Waals surface area contributed by atoms with Crippen LogP contribution < -0.4 is 0 Å². The van der Waals surface area contributed by atoms with E-state index in [1.807, 2.05) is 17.5 Å². The topological polar surface area (TPSA) is 70.1 Å². The number of rotatable bonds is 4. The van der Waals surface area contributed by atoms with E-state index < -0.39 is 12.2 Å². The fraction of sp³-hybridized carbons (Fsp3) is 0.600. The molecule has 120 valence electrons. The van der Waals surface area contributed by atoms with E-state index in [0.717, 1.165) is 17.7 Å². The van der Waals surface area contributed by atoms with Gasteiger partial charge < -0.3 is 14.7 Å². The van der Waals surface area contributed by atoms with E-state index in [4.69, 9.17) is 4.74 Å². The van der Waals surface area contributed by atoms with Crippen LogP contribution in [-0.2, 0) is 9.53 Å². The Kier molecular flexibility index (Phi) is 4.63. The molecule has 2 amide bonds. The van der Waals surface area contributed by atoms with E-state index >= 15 is 0 Å². The van der Waals surface area contributed by atoms with Crippen LogP contribution in [0.1, 0.15) is 23.8 Å². The van der Waals surface area contributed by atoms with Gasteiger partial charge in [-0.2, -0.15) is 0 Å². The number of carbonyl (C=O) groups excluding carboxylic acids is 2. The first-order valence-electron chi connectivity index (χ1n) is 7.56. The number of cyclic esters (lactones) is 1. The predicted molar refractivity (Wildman–Crippen MR) is 81.5 cm³/mol. The molecule has 3 rings (SSSR count). The van der Waals surface area contributed by atoms with Gasteiger partial charge in [0.25, 0.3) is 0 Å². The molecule has 22 heavy (non-hydrogen) atoms. The summed E-state index contributed by atoms with van der Waals surface area (Å²) in [5, 5.41) is 12.3. The molecule has 2 aliphatic heterocycles. The summed E-state index contributed by atoms with van der Waals surface area (Å²) in [7, 11) is 0. The zero-order chi connectivity index (χ0) is 15.5. The Hall–Kier alpha value is -1.60. The van der Waals surface area contributed by atoms with Crippen LogP contribution in [-0.4, -0.2) is 59.7 Å². The third-order valence-corrected chi connectivity index (χ3v) is 5.29. The number of aliphatic hydroxyl groups excluding tert-OH is 1. The average molecular weight is 324 g/mol. The lowest BCUT2D eigenvalue weighted by Crippen LogP contribution is -2.45. The number of carbonyl (C=O) groups is 2. The Morgan fingerprint density at radius 1 is 1.41 bits per heavy atom. The van der Waals surface area contributed by atoms with Crippen LogP contribution in [0.3, 0.4) is 0 Å². The van der Waals surface area contributed by atoms with Gasteiger partial charge in [-0.15, -0.1) is 11.3 Å². The minimum Gasteiger partial charge on any atom is -0.448 e. The number of amides is 2. The van der Waals surface area contributed by atoms with Gasteiger partial charge in [0.05, 0.1) is 12.6 Å². The van der Waals surface area contributed by atoms with E-state index in [9.17, 15) is 14.7 Å². The van der Waals surface area contributed by atoms with E-state index in [0.29, 0.717) is 26.2 Å². The van der Waals surface area contributed by atoms with Crippen molar-refractivity contribution in [3.8, 4) is 0 Å². The molecule has 1 unspecified atom stereocenters. The number of hydrogen-bond acceptors (Lipinski definition) is 5. The van der Waals surface area contributed by atoms with Crippen LogP contribution in [0.2, 0.25) is 0 Å². The van der Waals surface area contributed by atoms with Crippen molar-refractivity contribution in [2.24, 2.45) is 5.92 Å². The fourth-order valence-corrected chi connectivity index (χ4v) is 3.79. The number of piperidine rings is 1. The summed E-state index contributed by atoms with van der Waals surface area (Å²) < 4.78 is 4.83. The van der Waals surface area contributed by atoms with Gasteiger partial charge >= 0.3 is 6.09 Å². The van der Waals surface area contributed by atoms with Crippen molar-refractivity contribution in [3.05, 3.63) is 22.4 Å². The normalized spacial score (nSPS) is 21.0. The highest BCUT2D eigenvalue weighted by atomic mass is 32.1. The van der Waals surface area contributed by atoms with Crippen molar-refractivity contribution in [1.29, 1.82) is 0 Å². The number of ether oxygens (including phenoxy) is 1. The van der Waals surface area contributed by atoms with Gasteiger partial charge in [-0.25, -0.2) is 4.79 Å². The average Bonchev–Trinajstić information content (AvgIpc) is 3.19. The summed E-state index contributed by atoms with van der Waals surface area (Å²) in [6.07, 6.45) is 0.729. The summed E-state index contributed by atoms with van der Waals surface area (Å²) >= 11 is 1.56. The SMILES string of the molecule is O=C(CN1CCOC1=O)N1CCC(C(O)c2cccs2)CC1. The number of hydrogen-bond donors (Lipinski definition) is 1. The summed E-state index contributed by atoms with van der Waals surface area (Å²) in [6.45, 7) is 2.21. The maximum absolute atomic E-state index is 12.2. The number of likely N-dealkylation sites (tertiary alicyclic amines) is 1. The van der Waals surface area contributed by atoms with Crippen LogP contribution in [0.5, 0.6) is 0 Å². The Labute approximate surface area is 133 Å². The molecule has 2 saturated heterocycles. The highest BCUT2D eigenvalue weighted by molar-refractivity contribution is 7.10. The Balaban J connectivity index is 1.49. The first-order valence-corrected chi connectivity index (χ1v) is 8.44. The second kappa shape index (κ2) is 6.66. The van der Waals surface area contributed by atoms with Gasteiger partial charge in [-0.3, -0.25) is 9.69 Å². The largest absolute Gasteiger partial charge is 0.448 e. The molecule has 0 bridgehead atoms. The van der Waals surface area contributed by atoms with E-state index in [1.165, 1.54) is 4.90 Å². The van der Waals surface area contributed by atoms with Gasteiger partial charge in [-0.05, 0) is 30.2 Å². The summed E-state index contributed by atoms with van der Waals surface area (Å²) in [4.78, 5) is 27.8. The van der Waals surface area contributed by atoms with Gasteiger partial charge in [0.15, 0.2) is 0 Å². The molecule has 7 heteroatoms. The first-order chi connectivity index (χ1) is 10.6. The summed E-state index contributed by atoms with van der Waals surface area (Å²) in [5.74, 6) is 0.155. The van der Waals surface area contributed by atoms with Crippen LogP contribution >= 0.6 is 11.3 Å². The second-order valence-corrected chi connectivity index (χ2v) is 6.69. The fourth-order valence-electron chi connectivity index (χ4n) is 2.99. The number of thiophene rings is 1. The lowest BCUT2D eigenvalue weighted by atomic mass is 9.90. The molecule has 2 fully saturated rings. The lowest BCUT2D eigenvalue weighted by molar-refractivity contribution is -0.133. The highest BCUT2D eigenvalue weighted by Crippen LogP contribution is 2.32. The third-order valence-electron chi connectivity index (χ3n) is 4.34. The zero-order valence-electron chi connectivity index (χ0n) is 12.3. The first kappa shape index (κ1) is 15.3. The Bertz CT molecular complexity index is 526. The number of aliphatic hydroxyl groups is 1. The molecule has 0 spiro atoms. The maximum atomic E-state index is 12.2. The molecule has 1 N–H and O–H groups in total. The van der Waals surface area contributed by atoms with Crippen LogP contribution in [0, 0.1) is 5.92 Å². The molecule has 2 aliphatic rings. The molecule has 3 heterocycles. The van der Waals surface area contributed by atoms with Crippen molar-refractivity contribution in [3.63, 3.8) is 0 Å². The third kappa shape index (κ3) is 3.25. The quantitative estimate of drug-likeness (QED) is 0.910. The van der Waals surface area contributed by atoms with Crippen molar-refractivity contribution in [2.45, 2.75) is 18.9 Å². The van der Waals surface area contributed by atoms with Gasteiger partial charge in [0.2, 0.25) is 5.91 Å². The lowest BCUT2D eigenvalue weighted by Gasteiger charge is -2.34. The van der Waals surface area contributed by atoms with Crippen molar-refractivity contribution in [2.75, 3.05) is 32.8 Å².